The lowest BCUT2D eigenvalue weighted by Gasteiger charge is -2.00. The number of furan rings is 1. The summed E-state index contributed by atoms with van der Waals surface area (Å²) in [6, 6.07) is 7.29. The maximum atomic E-state index is 11.0. The van der Waals surface area contributed by atoms with Crippen molar-refractivity contribution in [3.05, 3.63) is 42.7 Å². The molecule has 0 saturated heterocycles. The van der Waals surface area contributed by atoms with E-state index in [4.69, 9.17) is 9.15 Å². The van der Waals surface area contributed by atoms with Gasteiger partial charge >= 0.3 is 5.97 Å². The fraction of sp³-hybridized carbons (Fsp3) is 0.0833. The third-order valence-electron chi connectivity index (χ3n) is 2.01. The predicted octanol–water partition coefficient (Wildman–Crippen LogP) is 2.83. The van der Waals surface area contributed by atoms with Crippen molar-refractivity contribution in [2.75, 3.05) is 0 Å². The van der Waals surface area contributed by atoms with Crippen LogP contribution in [-0.4, -0.2) is 5.97 Å². The Balaban J connectivity index is 2.50. The summed E-state index contributed by atoms with van der Waals surface area (Å²) in [6.45, 7) is 5.18. The molecule has 1 heterocycles. The second-order valence-corrected chi connectivity index (χ2v) is 3.16. The largest absolute Gasteiger partial charge is 0.457 e. The summed E-state index contributed by atoms with van der Waals surface area (Å²) in [5, 5.41) is 0.918. The Morgan fingerprint density at radius 3 is 3.07 bits per heavy atom. The molecule has 2 rings (SSSR count). The van der Waals surface area contributed by atoms with Crippen LogP contribution in [-0.2, 0) is 4.79 Å². The number of esters is 1. The van der Waals surface area contributed by atoms with Gasteiger partial charge < -0.3 is 9.15 Å². The normalized spacial score (nSPS) is 10.2. The average Bonchev–Trinajstić information content (AvgIpc) is 2.59. The maximum Gasteiger partial charge on any atom is 0.335 e. The quantitative estimate of drug-likeness (QED) is 0.427. The number of hydrogen-bond donors (Lipinski definition) is 0. The van der Waals surface area contributed by atoms with Crippen molar-refractivity contribution in [3.8, 4) is 5.75 Å². The molecule has 0 aliphatic heterocycles. The van der Waals surface area contributed by atoms with Gasteiger partial charge in [0.2, 0.25) is 0 Å². The van der Waals surface area contributed by atoms with Crippen molar-refractivity contribution in [3.63, 3.8) is 0 Å². The molecule has 2 aromatic rings. The fourth-order valence-electron chi connectivity index (χ4n) is 1.40. The Kier molecular flexibility index (Phi) is 2.29. The minimum Gasteiger partial charge on any atom is -0.457 e. The SMILES string of the molecule is C=CC(=O)Oc1cccc2cc(C)oc12. The Labute approximate surface area is 87.0 Å². The van der Waals surface area contributed by atoms with Crippen molar-refractivity contribution in [1.82, 2.24) is 0 Å². The zero-order valence-corrected chi connectivity index (χ0v) is 8.32. The molecule has 15 heavy (non-hydrogen) atoms. The van der Waals surface area contributed by atoms with Gasteiger partial charge in [0.15, 0.2) is 11.3 Å². The Morgan fingerprint density at radius 2 is 2.33 bits per heavy atom. The summed E-state index contributed by atoms with van der Waals surface area (Å²) in [4.78, 5) is 11.0. The van der Waals surface area contributed by atoms with Crippen molar-refractivity contribution in [2.24, 2.45) is 0 Å². The lowest BCUT2D eigenvalue weighted by molar-refractivity contribution is -0.128. The molecule has 3 nitrogen and oxygen atoms in total. The highest BCUT2D eigenvalue weighted by molar-refractivity contribution is 5.89. The Morgan fingerprint density at radius 1 is 1.53 bits per heavy atom. The number of carbonyl (C=O) groups is 1. The number of para-hydroxylation sites is 1. The van der Waals surface area contributed by atoms with Crippen LogP contribution in [0.3, 0.4) is 0 Å². The van der Waals surface area contributed by atoms with Crippen LogP contribution < -0.4 is 4.74 Å². The predicted molar refractivity (Wildman–Crippen MR) is 56.8 cm³/mol. The van der Waals surface area contributed by atoms with Gasteiger partial charge in [0.25, 0.3) is 0 Å². The highest BCUT2D eigenvalue weighted by atomic mass is 16.5. The van der Waals surface area contributed by atoms with Gasteiger partial charge in [-0.3, -0.25) is 0 Å². The summed E-state index contributed by atoms with van der Waals surface area (Å²) in [7, 11) is 0. The second kappa shape index (κ2) is 3.61. The molecule has 0 bridgehead atoms. The van der Waals surface area contributed by atoms with Gasteiger partial charge in [-0.05, 0) is 19.1 Å². The summed E-state index contributed by atoms with van der Waals surface area (Å²) in [6.07, 6.45) is 1.12. The van der Waals surface area contributed by atoms with Crippen LogP contribution in [0, 0.1) is 6.92 Å². The molecule has 0 unspecified atom stereocenters. The number of hydrogen-bond acceptors (Lipinski definition) is 3. The van der Waals surface area contributed by atoms with Crippen LogP contribution in [0.1, 0.15) is 5.76 Å². The van der Waals surface area contributed by atoms with Gasteiger partial charge in [-0.2, -0.15) is 0 Å². The van der Waals surface area contributed by atoms with Crippen molar-refractivity contribution < 1.29 is 13.9 Å². The van der Waals surface area contributed by atoms with Crippen molar-refractivity contribution >= 4 is 16.9 Å². The molecule has 0 atom stereocenters. The van der Waals surface area contributed by atoms with E-state index in [1.807, 2.05) is 25.1 Å². The minimum absolute atomic E-state index is 0.422. The molecule has 0 saturated carbocycles. The molecule has 1 aromatic carbocycles. The van der Waals surface area contributed by atoms with Crippen LogP contribution in [0.15, 0.2) is 41.3 Å². The molecule has 1 aromatic heterocycles. The number of ether oxygens (including phenoxy) is 1. The zero-order valence-electron chi connectivity index (χ0n) is 8.32. The third kappa shape index (κ3) is 1.76. The first-order chi connectivity index (χ1) is 7.20. The number of fused-ring (bicyclic) bond motifs is 1. The molecule has 0 spiro atoms. The van der Waals surface area contributed by atoms with Gasteiger partial charge in [-0.25, -0.2) is 4.79 Å². The minimum atomic E-state index is -0.489. The monoisotopic (exact) mass is 202 g/mol. The first-order valence-electron chi connectivity index (χ1n) is 4.54. The van der Waals surface area contributed by atoms with Crippen LogP contribution >= 0.6 is 0 Å². The molecular formula is C12H10O3. The second-order valence-electron chi connectivity index (χ2n) is 3.16. The van der Waals surface area contributed by atoms with E-state index < -0.39 is 5.97 Å². The Bertz CT molecular complexity index is 523. The third-order valence-corrected chi connectivity index (χ3v) is 2.01. The molecule has 0 aliphatic carbocycles. The van der Waals surface area contributed by atoms with E-state index in [2.05, 4.69) is 6.58 Å². The van der Waals surface area contributed by atoms with Crippen LogP contribution in [0.4, 0.5) is 0 Å². The first kappa shape index (κ1) is 9.52. The van der Waals surface area contributed by atoms with Gasteiger partial charge in [-0.15, -0.1) is 0 Å². The highest BCUT2D eigenvalue weighted by Crippen LogP contribution is 2.28. The maximum absolute atomic E-state index is 11.0. The number of carbonyl (C=O) groups excluding carboxylic acids is 1. The van der Waals surface area contributed by atoms with Gasteiger partial charge in [-0.1, -0.05) is 18.7 Å². The van der Waals surface area contributed by atoms with E-state index in [-0.39, 0.29) is 0 Å². The smallest absolute Gasteiger partial charge is 0.335 e. The Hall–Kier alpha value is -2.03. The summed E-state index contributed by atoms with van der Waals surface area (Å²) < 4.78 is 10.5. The topological polar surface area (TPSA) is 39.4 Å². The zero-order chi connectivity index (χ0) is 10.8. The van der Waals surface area contributed by atoms with E-state index in [0.29, 0.717) is 11.3 Å². The molecule has 3 heteroatoms. The van der Waals surface area contributed by atoms with E-state index in [1.165, 1.54) is 0 Å². The molecule has 0 fully saturated rings. The van der Waals surface area contributed by atoms with E-state index in [9.17, 15) is 4.79 Å². The molecule has 0 N–H and O–H groups in total. The van der Waals surface area contributed by atoms with Crippen molar-refractivity contribution in [2.45, 2.75) is 6.92 Å². The summed E-state index contributed by atoms with van der Waals surface area (Å²) in [5.74, 6) is 0.717. The average molecular weight is 202 g/mol. The molecular weight excluding hydrogens is 192 g/mol. The first-order valence-corrected chi connectivity index (χ1v) is 4.54. The number of aryl methyl sites for hydroxylation is 1. The lowest BCUT2D eigenvalue weighted by Crippen LogP contribution is -2.02. The number of benzene rings is 1. The molecule has 0 amide bonds. The molecule has 76 valence electrons. The molecule has 0 aliphatic rings. The standard InChI is InChI=1S/C12H10O3/c1-3-11(13)15-10-6-4-5-9-7-8(2)14-12(9)10/h3-7H,1H2,2H3. The summed E-state index contributed by atoms with van der Waals surface area (Å²) >= 11 is 0. The molecule has 0 radical (unpaired) electrons. The van der Waals surface area contributed by atoms with E-state index in [1.54, 1.807) is 6.07 Å². The van der Waals surface area contributed by atoms with Gasteiger partial charge in [0.1, 0.15) is 5.76 Å². The van der Waals surface area contributed by atoms with Crippen molar-refractivity contribution in [1.29, 1.82) is 0 Å². The van der Waals surface area contributed by atoms with Crippen LogP contribution in [0.2, 0.25) is 0 Å². The van der Waals surface area contributed by atoms with Crippen LogP contribution in [0.5, 0.6) is 5.75 Å². The van der Waals surface area contributed by atoms with Gasteiger partial charge in [0, 0.05) is 11.5 Å². The van der Waals surface area contributed by atoms with Gasteiger partial charge in [0.05, 0.1) is 0 Å². The summed E-state index contributed by atoms with van der Waals surface area (Å²) in [5.41, 5.74) is 0.588. The highest BCUT2D eigenvalue weighted by Gasteiger charge is 2.09. The number of rotatable bonds is 2. The van der Waals surface area contributed by atoms with E-state index in [0.717, 1.165) is 17.2 Å². The van der Waals surface area contributed by atoms with E-state index >= 15 is 0 Å². The van der Waals surface area contributed by atoms with Crippen LogP contribution in [0.25, 0.3) is 11.0 Å². The fourth-order valence-corrected chi connectivity index (χ4v) is 1.40. The lowest BCUT2D eigenvalue weighted by atomic mass is 10.2.